The first-order valence-corrected chi connectivity index (χ1v) is 8.15. The van der Waals surface area contributed by atoms with Gasteiger partial charge in [-0.1, -0.05) is 48.0 Å². The van der Waals surface area contributed by atoms with Crippen LogP contribution in [-0.4, -0.2) is 30.6 Å². The van der Waals surface area contributed by atoms with Crippen molar-refractivity contribution in [2.24, 2.45) is 0 Å². The highest BCUT2D eigenvalue weighted by atomic mass is 79.9. The van der Waals surface area contributed by atoms with E-state index in [1.807, 2.05) is 0 Å². The highest BCUT2D eigenvalue weighted by molar-refractivity contribution is 9.10. The number of nitrogens with zero attached hydrogens (tertiary/aromatic N) is 1. The molecule has 1 aromatic carbocycles. The molecule has 1 atom stereocenters. The normalized spacial score (nSPS) is 12.9. The van der Waals surface area contributed by atoms with Crippen molar-refractivity contribution >= 4 is 15.9 Å². The molecule has 19 heavy (non-hydrogen) atoms. The Morgan fingerprint density at radius 2 is 1.89 bits per heavy atom. The molecule has 1 rings (SSSR count). The van der Waals surface area contributed by atoms with Crippen LogP contribution in [0.2, 0.25) is 0 Å². The summed E-state index contributed by atoms with van der Waals surface area (Å²) in [4.78, 5) is 2.49. The highest BCUT2D eigenvalue weighted by Gasteiger charge is 2.05. The monoisotopic (exact) mass is 326 g/mol. The molecule has 2 nitrogen and oxygen atoms in total. The summed E-state index contributed by atoms with van der Waals surface area (Å²) in [6.07, 6.45) is 2.51. The summed E-state index contributed by atoms with van der Waals surface area (Å²) in [6.45, 7) is 11.2. The lowest BCUT2D eigenvalue weighted by atomic mass is 10.1. The van der Waals surface area contributed by atoms with E-state index in [4.69, 9.17) is 0 Å². The average Bonchev–Trinajstić information content (AvgIpc) is 2.43. The summed E-state index contributed by atoms with van der Waals surface area (Å²) in [5, 5.41) is 3.60. The second-order valence-electron chi connectivity index (χ2n) is 5.04. The van der Waals surface area contributed by atoms with Crippen LogP contribution in [0, 0.1) is 0 Å². The van der Waals surface area contributed by atoms with Gasteiger partial charge in [-0.05, 0) is 51.0 Å². The van der Waals surface area contributed by atoms with E-state index in [1.54, 1.807) is 0 Å². The molecule has 0 spiro atoms. The van der Waals surface area contributed by atoms with Crippen molar-refractivity contribution in [1.29, 1.82) is 0 Å². The van der Waals surface area contributed by atoms with E-state index in [0.717, 1.165) is 19.6 Å². The van der Waals surface area contributed by atoms with Crippen molar-refractivity contribution in [3.8, 4) is 0 Å². The van der Waals surface area contributed by atoms with E-state index < -0.39 is 0 Å². The molecule has 0 heterocycles. The van der Waals surface area contributed by atoms with E-state index in [0.29, 0.717) is 6.04 Å². The molecule has 0 amide bonds. The summed E-state index contributed by atoms with van der Waals surface area (Å²) in [7, 11) is 0. The molecule has 0 saturated carbocycles. The van der Waals surface area contributed by atoms with Gasteiger partial charge in [-0.2, -0.15) is 0 Å². The largest absolute Gasteiger partial charge is 0.310 e. The molecule has 0 aliphatic heterocycles. The van der Waals surface area contributed by atoms with Gasteiger partial charge in [0.2, 0.25) is 0 Å². The Morgan fingerprint density at radius 1 is 1.21 bits per heavy atom. The lowest BCUT2D eigenvalue weighted by Gasteiger charge is -2.20. The number of nitrogens with one attached hydrogen (secondary N) is 1. The lowest BCUT2D eigenvalue weighted by molar-refractivity contribution is 0.290. The smallest absolute Gasteiger partial charge is 0.0220 e. The second-order valence-corrected chi connectivity index (χ2v) is 5.90. The molecule has 1 aromatic rings. The fourth-order valence-corrected chi connectivity index (χ4v) is 2.61. The standard InChI is InChI=1S/C16H27BrN2/c1-4-19(5-2)12-8-9-14(3)18-13-15-10-6-7-11-16(15)17/h6-7,10-11,14,18H,4-5,8-9,12-13H2,1-3H3. The van der Waals surface area contributed by atoms with Crippen LogP contribution in [0.4, 0.5) is 0 Å². The van der Waals surface area contributed by atoms with Gasteiger partial charge in [-0.25, -0.2) is 0 Å². The molecule has 1 N–H and O–H groups in total. The number of benzene rings is 1. The minimum absolute atomic E-state index is 0.572. The molecule has 0 aromatic heterocycles. The van der Waals surface area contributed by atoms with Crippen LogP contribution in [0.5, 0.6) is 0 Å². The van der Waals surface area contributed by atoms with Crippen LogP contribution in [0.1, 0.15) is 39.2 Å². The SMILES string of the molecule is CCN(CC)CCCC(C)NCc1ccccc1Br. The summed E-state index contributed by atoms with van der Waals surface area (Å²) in [5.41, 5.74) is 1.33. The van der Waals surface area contributed by atoms with Crippen LogP contribution in [-0.2, 0) is 6.54 Å². The van der Waals surface area contributed by atoms with Gasteiger partial charge in [-0.15, -0.1) is 0 Å². The molecule has 1 unspecified atom stereocenters. The molecular weight excluding hydrogens is 300 g/mol. The van der Waals surface area contributed by atoms with Gasteiger partial charge in [0.15, 0.2) is 0 Å². The molecule has 0 radical (unpaired) electrons. The van der Waals surface area contributed by atoms with Crippen molar-refractivity contribution in [3.63, 3.8) is 0 Å². The van der Waals surface area contributed by atoms with E-state index in [9.17, 15) is 0 Å². The topological polar surface area (TPSA) is 15.3 Å². The minimum Gasteiger partial charge on any atom is -0.310 e. The van der Waals surface area contributed by atoms with Gasteiger partial charge in [0.05, 0.1) is 0 Å². The van der Waals surface area contributed by atoms with Gasteiger partial charge in [0, 0.05) is 17.1 Å². The van der Waals surface area contributed by atoms with Crippen molar-refractivity contribution in [3.05, 3.63) is 34.3 Å². The Balaban J connectivity index is 2.21. The second kappa shape index (κ2) is 9.51. The maximum atomic E-state index is 3.60. The Labute approximate surface area is 126 Å². The van der Waals surface area contributed by atoms with Gasteiger partial charge >= 0.3 is 0 Å². The third-order valence-electron chi connectivity index (χ3n) is 3.60. The Bertz CT molecular complexity index is 350. The predicted molar refractivity (Wildman–Crippen MR) is 87.5 cm³/mol. The van der Waals surface area contributed by atoms with Crippen molar-refractivity contribution in [1.82, 2.24) is 10.2 Å². The fourth-order valence-electron chi connectivity index (χ4n) is 2.19. The molecule has 3 heteroatoms. The molecular formula is C16H27BrN2. The lowest BCUT2D eigenvalue weighted by Crippen LogP contribution is -2.28. The number of halogens is 1. The minimum atomic E-state index is 0.572. The van der Waals surface area contributed by atoms with Crippen molar-refractivity contribution in [2.45, 2.75) is 46.2 Å². The predicted octanol–water partition coefficient (Wildman–Crippen LogP) is 4.05. The Morgan fingerprint density at radius 3 is 2.53 bits per heavy atom. The van der Waals surface area contributed by atoms with E-state index >= 15 is 0 Å². The van der Waals surface area contributed by atoms with E-state index in [1.165, 1.54) is 29.4 Å². The number of hydrogen-bond acceptors (Lipinski definition) is 2. The summed E-state index contributed by atoms with van der Waals surface area (Å²) in [5.74, 6) is 0. The summed E-state index contributed by atoms with van der Waals surface area (Å²) < 4.78 is 1.19. The molecule has 0 bridgehead atoms. The fraction of sp³-hybridized carbons (Fsp3) is 0.625. The zero-order chi connectivity index (χ0) is 14.1. The van der Waals surface area contributed by atoms with Crippen LogP contribution in [0.25, 0.3) is 0 Å². The third-order valence-corrected chi connectivity index (χ3v) is 4.38. The average molecular weight is 327 g/mol. The van der Waals surface area contributed by atoms with Crippen LogP contribution < -0.4 is 5.32 Å². The van der Waals surface area contributed by atoms with Crippen LogP contribution in [0.3, 0.4) is 0 Å². The summed E-state index contributed by atoms with van der Waals surface area (Å²) >= 11 is 3.59. The molecule has 0 fully saturated rings. The molecule has 108 valence electrons. The first kappa shape index (κ1) is 16.7. The van der Waals surface area contributed by atoms with Crippen LogP contribution >= 0.6 is 15.9 Å². The van der Waals surface area contributed by atoms with Gasteiger partial charge in [0.1, 0.15) is 0 Å². The quantitative estimate of drug-likeness (QED) is 0.736. The molecule has 0 aliphatic rings. The maximum Gasteiger partial charge on any atom is 0.0220 e. The molecule has 0 aliphatic carbocycles. The van der Waals surface area contributed by atoms with Crippen molar-refractivity contribution in [2.75, 3.05) is 19.6 Å². The maximum absolute atomic E-state index is 3.60. The first-order valence-electron chi connectivity index (χ1n) is 7.36. The zero-order valence-electron chi connectivity index (χ0n) is 12.5. The Hall–Kier alpha value is -0.380. The van der Waals surface area contributed by atoms with Crippen molar-refractivity contribution < 1.29 is 0 Å². The van der Waals surface area contributed by atoms with E-state index in [2.05, 4.69) is 71.2 Å². The third kappa shape index (κ3) is 6.55. The molecule has 0 saturated heterocycles. The number of hydrogen-bond donors (Lipinski definition) is 1. The zero-order valence-corrected chi connectivity index (χ0v) is 14.0. The Kier molecular flexibility index (Phi) is 8.35. The first-order chi connectivity index (χ1) is 9.17. The van der Waals surface area contributed by atoms with Gasteiger partial charge in [0.25, 0.3) is 0 Å². The number of rotatable bonds is 9. The summed E-state index contributed by atoms with van der Waals surface area (Å²) in [6, 6.07) is 8.98. The highest BCUT2D eigenvalue weighted by Crippen LogP contribution is 2.15. The van der Waals surface area contributed by atoms with Gasteiger partial charge in [-0.3, -0.25) is 0 Å². The van der Waals surface area contributed by atoms with Gasteiger partial charge < -0.3 is 10.2 Å². The van der Waals surface area contributed by atoms with Crippen LogP contribution in [0.15, 0.2) is 28.7 Å². The van der Waals surface area contributed by atoms with E-state index in [-0.39, 0.29) is 0 Å².